The van der Waals surface area contributed by atoms with Crippen molar-refractivity contribution in [3.63, 3.8) is 0 Å². The van der Waals surface area contributed by atoms with E-state index >= 15 is 0 Å². The molecule has 0 bridgehead atoms. The Labute approximate surface area is 87.9 Å². The Bertz CT molecular complexity index is 251. The van der Waals surface area contributed by atoms with Crippen LogP contribution in [0.3, 0.4) is 0 Å². The molecule has 4 heteroatoms. The van der Waals surface area contributed by atoms with Crippen LogP contribution in [0.25, 0.3) is 0 Å². The Morgan fingerprint density at radius 1 is 1.62 bits per heavy atom. The van der Waals surface area contributed by atoms with Crippen molar-refractivity contribution in [2.75, 3.05) is 5.73 Å². The molecule has 0 aliphatic carbocycles. The van der Waals surface area contributed by atoms with E-state index in [1.807, 2.05) is 18.7 Å². The zero-order valence-corrected chi connectivity index (χ0v) is 9.97. The van der Waals surface area contributed by atoms with Crippen molar-refractivity contribution < 1.29 is 0 Å². The molecule has 0 amide bonds. The van der Waals surface area contributed by atoms with Crippen LogP contribution in [-0.4, -0.2) is 10.2 Å². The molecule has 1 heterocycles. The molecule has 1 aromatic heterocycles. The Morgan fingerprint density at radius 3 is 2.77 bits per heavy atom. The first kappa shape index (κ1) is 10.9. The van der Waals surface area contributed by atoms with Gasteiger partial charge in [-0.25, -0.2) is 4.98 Å². The van der Waals surface area contributed by atoms with Gasteiger partial charge < -0.3 is 5.73 Å². The first-order valence-corrected chi connectivity index (χ1v) is 6.33. The molecule has 1 aromatic rings. The fourth-order valence-electron chi connectivity index (χ4n) is 0.858. The van der Waals surface area contributed by atoms with Crippen LogP contribution in [0.2, 0.25) is 0 Å². The fraction of sp³-hybridized carbons (Fsp3) is 0.667. The van der Waals surface area contributed by atoms with Crippen LogP contribution in [0, 0.1) is 6.92 Å². The summed E-state index contributed by atoms with van der Waals surface area (Å²) in [7, 11) is 0. The summed E-state index contributed by atoms with van der Waals surface area (Å²) in [6.45, 7) is 6.47. The Balaban J connectivity index is 2.45. The fourth-order valence-corrected chi connectivity index (χ4v) is 2.67. The van der Waals surface area contributed by atoms with Gasteiger partial charge in [0.2, 0.25) is 0 Å². The molecule has 0 radical (unpaired) electrons. The van der Waals surface area contributed by atoms with Crippen molar-refractivity contribution in [3.05, 3.63) is 9.88 Å². The number of thiazole rings is 1. The lowest BCUT2D eigenvalue weighted by atomic mass is 10.4. The number of rotatable bonds is 4. The summed E-state index contributed by atoms with van der Waals surface area (Å²) in [6, 6.07) is 0. The van der Waals surface area contributed by atoms with E-state index in [0.717, 1.165) is 15.6 Å². The molecular formula is C9H16N2S2. The molecule has 1 unspecified atom stereocenters. The Kier molecular flexibility index (Phi) is 4.06. The number of thioether (sulfide) groups is 1. The van der Waals surface area contributed by atoms with E-state index in [1.165, 1.54) is 6.42 Å². The molecule has 0 saturated carbocycles. The average molecular weight is 216 g/mol. The van der Waals surface area contributed by atoms with E-state index < -0.39 is 0 Å². The van der Waals surface area contributed by atoms with Gasteiger partial charge in [-0.05, 0) is 13.3 Å². The molecule has 0 aromatic carbocycles. The van der Waals surface area contributed by atoms with Crippen LogP contribution >= 0.6 is 23.1 Å². The van der Waals surface area contributed by atoms with Crippen LogP contribution in [0.1, 0.15) is 30.2 Å². The van der Waals surface area contributed by atoms with Gasteiger partial charge in [-0.3, -0.25) is 0 Å². The molecule has 74 valence electrons. The second kappa shape index (κ2) is 4.86. The number of nitrogens with two attached hydrogens (primary N) is 1. The monoisotopic (exact) mass is 216 g/mol. The lowest BCUT2D eigenvalue weighted by molar-refractivity contribution is 0.905. The van der Waals surface area contributed by atoms with Gasteiger partial charge in [0.05, 0.1) is 0 Å². The van der Waals surface area contributed by atoms with Gasteiger partial charge >= 0.3 is 0 Å². The second-order valence-electron chi connectivity index (χ2n) is 3.08. The Morgan fingerprint density at radius 2 is 2.31 bits per heavy atom. The zero-order valence-electron chi connectivity index (χ0n) is 8.33. The normalized spacial score (nSPS) is 13.2. The molecular weight excluding hydrogens is 200 g/mol. The topological polar surface area (TPSA) is 38.9 Å². The van der Waals surface area contributed by atoms with E-state index in [4.69, 9.17) is 5.73 Å². The quantitative estimate of drug-likeness (QED) is 0.840. The highest BCUT2D eigenvalue weighted by Gasteiger charge is 2.06. The van der Waals surface area contributed by atoms with Gasteiger partial charge in [0.1, 0.15) is 10.8 Å². The average Bonchev–Trinajstić information content (AvgIpc) is 2.42. The van der Waals surface area contributed by atoms with Gasteiger partial charge in [0, 0.05) is 15.9 Å². The minimum absolute atomic E-state index is 0.699. The molecule has 0 spiro atoms. The maximum absolute atomic E-state index is 5.67. The summed E-state index contributed by atoms with van der Waals surface area (Å²) in [5.41, 5.74) is 5.67. The maximum Gasteiger partial charge on any atom is 0.137 e. The smallest absolute Gasteiger partial charge is 0.137 e. The lowest BCUT2D eigenvalue weighted by Crippen LogP contribution is -1.93. The highest BCUT2D eigenvalue weighted by molar-refractivity contribution is 7.99. The van der Waals surface area contributed by atoms with Crippen molar-refractivity contribution in [1.82, 2.24) is 4.98 Å². The zero-order chi connectivity index (χ0) is 9.84. The van der Waals surface area contributed by atoms with Crippen LogP contribution in [0.4, 0.5) is 5.82 Å². The molecule has 2 N–H and O–H groups in total. The Hall–Kier alpha value is -0.220. The van der Waals surface area contributed by atoms with E-state index in [-0.39, 0.29) is 0 Å². The molecule has 0 saturated heterocycles. The molecule has 2 nitrogen and oxygen atoms in total. The summed E-state index contributed by atoms with van der Waals surface area (Å²) < 4.78 is 0. The summed E-state index contributed by atoms with van der Waals surface area (Å²) in [5, 5.41) is 1.87. The van der Waals surface area contributed by atoms with Crippen molar-refractivity contribution in [2.45, 2.75) is 38.2 Å². The minimum Gasteiger partial charge on any atom is -0.383 e. The highest BCUT2D eigenvalue weighted by atomic mass is 32.2. The number of hydrogen-bond acceptors (Lipinski definition) is 4. The van der Waals surface area contributed by atoms with Gasteiger partial charge in [-0.1, -0.05) is 13.8 Å². The number of hydrogen-bond donors (Lipinski definition) is 1. The van der Waals surface area contributed by atoms with Crippen molar-refractivity contribution in [1.29, 1.82) is 0 Å². The van der Waals surface area contributed by atoms with Crippen LogP contribution in [0.15, 0.2) is 0 Å². The van der Waals surface area contributed by atoms with Crippen LogP contribution in [-0.2, 0) is 5.75 Å². The summed E-state index contributed by atoms with van der Waals surface area (Å²) in [5.74, 6) is 1.70. The largest absolute Gasteiger partial charge is 0.383 e. The highest BCUT2D eigenvalue weighted by Crippen LogP contribution is 2.25. The number of nitrogen functional groups attached to an aromatic ring is 1. The second-order valence-corrected chi connectivity index (χ2v) is 5.79. The molecule has 0 aliphatic heterocycles. The van der Waals surface area contributed by atoms with Crippen LogP contribution in [0.5, 0.6) is 0 Å². The van der Waals surface area contributed by atoms with E-state index in [2.05, 4.69) is 18.8 Å². The number of aryl methyl sites for hydroxylation is 1. The third-order valence-electron chi connectivity index (χ3n) is 1.94. The van der Waals surface area contributed by atoms with Crippen LogP contribution < -0.4 is 5.73 Å². The van der Waals surface area contributed by atoms with Gasteiger partial charge in [-0.15, -0.1) is 11.3 Å². The molecule has 13 heavy (non-hydrogen) atoms. The van der Waals surface area contributed by atoms with Gasteiger partial charge in [0.15, 0.2) is 0 Å². The van der Waals surface area contributed by atoms with Crippen molar-refractivity contribution >= 4 is 28.9 Å². The van der Waals surface area contributed by atoms with E-state index in [1.54, 1.807) is 11.3 Å². The predicted molar refractivity (Wildman–Crippen MR) is 62.3 cm³/mol. The molecule has 0 fully saturated rings. The summed E-state index contributed by atoms with van der Waals surface area (Å²) in [6.07, 6.45) is 1.21. The first-order valence-electron chi connectivity index (χ1n) is 4.46. The third-order valence-corrected chi connectivity index (χ3v) is 4.45. The maximum atomic E-state index is 5.67. The number of anilines is 1. The van der Waals surface area contributed by atoms with E-state index in [9.17, 15) is 0 Å². The standard InChI is InChI=1S/C9H16N2S2/c1-4-6(2)12-5-8-11-9(10)7(3)13-8/h6H,4-5,10H2,1-3H3. The summed E-state index contributed by atoms with van der Waals surface area (Å²) >= 11 is 3.65. The molecule has 1 atom stereocenters. The summed E-state index contributed by atoms with van der Waals surface area (Å²) in [4.78, 5) is 5.43. The number of aromatic nitrogens is 1. The van der Waals surface area contributed by atoms with Gasteiger partial charge in [0.25, 0.3) is 0 Å². The predicted octanol–water partition coefficient (Wildman–Crippen LogP) is 3.07. The van der Waals surface area contributed by atoms with E-state index in [0.29, 0.717) is 11.1 Å². The first-order chi connectivity index (χ1) is 6.13. The SMILES string of the molecule is CCC(C)SCc1nc(N)c(C)s1. The molecule has 0 aliphatic rings. The third kappa shape index (κ3) is 3.19. The van der Waals surface area contributed by atoms with Crippen molar-refractivity contribution in [2.24, 2.45) is 0 Å². The minimum atomic E-state index is 0.699. The van der Waals surface area contributed by atoms with Crippen molar-refractivity contribution in [3.8, 4) is 0 Å². The number of nitrogens with zero attached hydrogens (tertiary/aromatic N) is 1. The molecule has 1 rings (SSSR count). The lowest BCUT2D eigenvalue weighted by Gasteiger charge is -2.04. The van der Waals surface area contributed by atoms with Gasteiger partial charge in [-0.2, -0.15) is 11.8 Å².